The van der Waals surface area contributed by atoms with Gasteiger partial charge < -0.3 is 4.74 Å². The van der Waals surface area contributed by atoms with Crippen molar-refractivity contribution in [3.63, 3.8) is 0 Å². The van der Waals surface area contributed by atoms with Crippen LogP contribution in [0, 0.1) is 5.92 Å². The molecule has 0 bridgehead atoms. The molecule has 1 fully saturated rings. The minimum atomic E-state index is 0.431. The molecule has 0 saturated heterocycles. The molecule has 1 aliphatic rings. The van der Waals surface area contributed by atoms with Crippen molar-refractivity contribution in [3.8, 4) is 0 Å². The molecule has 0 amide bonds. The Bertz CT molecular complexity index is 96.5. The molecule has 0 aromatic heterocycles. The van der Waals surface area contributed by atoms with Crippen molar-refractivity contribution in [1.29, 1.82) is 0 Å². The third-order valence-corrected chi connectivity index (χ3v) is 2.13. The second kappa shape index (κ2) is 15.0. The monoisotopic (exact) mass is 202 g/mol. The highest BCUT2D eigenvalue weighted by Gasteiger charge is 2.05. The van der Waals surface area contributed by atoms with Crippen LogP contribution < -0.4 is 0 Å². The fraction of sp³-hybridized carbons (Fsp3) is 0.917. The molecule has 1 aliphatic carbocycles. The van der Waals surface area contributed by atoms with Gasteiger partial charge in [-0.2, -0.15) is 0 Å². The Kier molecular flexibility index (Phi) is 17.0. The lowest BCUT2D eigenvalue weighted by Gasteiger charge is -2.15. The summed E-state index contributed by atoms with van der Waals surface area (Å²) >= 11 is 0. The van der Waals surface area contributed by atoms with Crippen molar-refractivity contribution >= 4 is 6.47 Å². The number of hydrogen-bond acceptors (Lipinski definition) is 2. The van der Waals surface area contributed by atoms with Crippen LogP contribution in [0.4, 0.5) is 0 Å². The van der Waals surface area contributed by atoms with E-state index < -0.39 is 0 Å². The van der Waals surface area contributed by atoms with Gasteiger partial charge in [-0.1, -0.05) is 52.9 Å². The molecular weight excluding hydrogens is 176 g/mol. The predicted octanol–water partition coefficient (Wildman–Crippen LogP) is 3.79. The zero-order valence-corrected chi connectivity index (χ0v) is 10.2. The van der Waals surface area contributed by atoms with Crippen LogP contribution in [0.5, 0.6) is 0 Å². The van der Waals surface area contributed by atoms with Crippen LogP contribution in [-0.4, -0.2) is 13.1 Å². The SMILES string of the molecule is CC.CC1CCCCC1.CCOC=O. The van der Waals surface area contributed by atoms with Crippen molar-refractivity contribution in [3.05, 3.63) is 0 Å². The van der Waals surface area contributed by atoms with Crippen LogP contribution in [0.1, 0.15) is 59.8 Å². The maximum absolute atomic E-state index is 9.18. The van der Waals surface area contributed by atoms with Crippen molar-refractivity contribution in [2.24, 2.45) is 5.92 Å². The fourth-order valence-corrected chi connectivity index (χ4v) is 1.37. The van der Waals surface area contributed by atoms with Gasteiger partial charge in [0.1, 0.15) is 0 Å². The van der Waals surface area contributed by atoms with Crippen LogP contribution in [0.3, 0.4) is 0 Å². The van der Waals surface area contributed by atoms with Gasteiger partial charge in [-0.25, -0.2) is 0 Å². The van der Waals surface area contributed by atoms with E-state index >= 15 is 0 Å². The molecule has 0 unspecified atom stereocenters. The number of ether oxygens (including phenoxy) is 1. The van der Waals surface area contributed by atoms with E-state index in [1.54, 1.807) is 6.92 Å². The van der Waals surface area contributed by atoms with Gasteiger partial charge in [0, 0.05) is 0 Å². The lowest BCUT2D eigenvalue weighted by molar-refractivity contribution is -0.128. The maximum atomic E-state index is 9.18. The predicted molar refractivity (Wildman–Crippen MR) is 61.3 cm³/mol. The van der Waals surface area contributed by atoms with Crippen molar-refractivity contribution in [2.75, 3.05) is 6.61 Å². The van der Waals surface area contributed by atoms with E-state index in [1.807, 2.05) is 13.8 Å². The number of carbonyl (C=O) groups is 1. The highest BCUT2D eigenvalue weighted by atomic mass is 16.5. The highest BCUT2D eigenvalue weighted by Crippen LogP contribution is 2.21. The standard InChI is InChI=1S/C7H14.C3H6O2.C2H6/c1-7-5-3-2-4-6-7;1-2-5-3-4;1-2/h7H,2-6H2,1H3;3H,2H2,1H3;1-2H3. The Morgan fingerprint density at radius 2 is 1.71 bits per heavy atom. The lowest BCUT2D eigenvalue weighted by Crippen LogP contribution is -1.99. The van der Waals surface area contributed by atoms with Crippen molar-refractivity contribution in [2.45, 2.75) is 59.8 Å². The molecule has 86 valence electrons. The van der Waals surface area contributed by atoms with Gasteiger partial charge in [0.05, 0.1) is 6.61 Å². The van der Waals surface area contributed by atoms with Crippen LogP contribution in [-0.2, 0) is 9.53 Å². The number of rotatable bonds is 2. The fourth-order valence-electron chi connectivity index (χ4n) is 1.37. The van der Waals surface area contributed by atoms with E-state index in [4.69, 9.17) is 0 Å². The Hall–Kier alpha value is -0.530. The molecule has 0 aliphatic heterocycles. The average Bonchev–Trinajstić information content (AvgIpc) is 2.24. The molecule has 0 aromatic rings. The second-order valence-electron chi connectivity index (χ2n) is 3.29. The summed E-state index contributed by atoms with van der Waals surface area (Å²) in [4.78, 5) is 9.18. The van der Waals surface area contributed by atoms with Crippen LogP contribution in [0.2, 0.25) is 0 Å². The number of carbonyl (C=O) groups excluding carboxylic acids is 1. The zero-order valence-electron chi connectivity index (χ0n) is 10.2. The molecular formula is C12H26O2. The summed E-state index contributed by atoms with van der Waals surface area (Å²) in [5.41, 5.74) is 0. The van der Waals surface area contributed by atoms with E-state index in [9.17, 15) is 4.79 Å². The third-order valence-electron chi connectivity index (χ3n) is 2.13. The van der Waals surface area contributed by atoms with Crippen LogP contribution in [0.15, 0.2) is 0 Å². The molecule has 2 heteroatoms. The maximum Gasteiger partial charge on any atom is 0.293 e. The Balaban J connectivity index is 0. The first kappa shape index (κ1) is 15.9. The first-order valence-corrected chi connectivity index (χ1v) is 5.86. The van der Waals surface area contributed by atoms with Crippen LogP contribution in [0.25, 0.3) is 0 Å². The van der Waals surface area contributed by atoms with E-state index in [-0.39, 0.29) is 0 Å². The molecule has 0 spiro atoms. The second-order valence-corrected chi connectivity index (χ2v) is 3.29. The smallest absolute Gasteiger partial charge is 0.293 e. The van der Waals surface area contributed by atoms with E-state index in [0.717, 1.165) is 5.92 Å². The summed E-state index contributed by atoms with van der Waals surface area (Å²) in [7, 11) is 0. The minimum absolute atomic E-state index is 0.431. The van der Waals surface area contributed by atoms with Gasteiger partial charge in [-0.05, 0) is 12.8 Å². The Labute approximate surface area is 89.0 Å². The quantitative estimate of drug-likeness (QED) is 0.637. The molecule has 0 radical (unpaired) electrons. The topological polar surface area (TPSA) is 26.3 Å². The van der Waals surface area contributed by atoms with Gasteiger partial charge in [0.25, 0.3) is 6.47 Å². The lowest BCUT2D eigenvalue weighted by atomic mass is 9.91. The molecule has 2 nitrogen and oxygen atoms in total. The first-order chi connectivity index (χ1) is 6.81. The van der Waals surface area contributed by atoms with E-state index in [1.165, 1.54) is 32.1 Å². The van der Waals surface area contributed by atoms with Crippen molar-refractivity contribution in [1.82, 2.24) is 0 Å². The highest BCUT2D eigenvalue weighted by molar-refractivity contribution is 5.36. The molecule has 14 heavy (non-hydrogen) atoms. The van der Waals surface area contributed by atoms with Gasteiger partial charge in [-0.15, -0.1) is 0 Å². The van der Waals surface area contributed by atoms with Crippen LogP contribution >= 0.6 is 0 Å². The summed E-state index contributed by atoms with van der Waals surface area (Å²) in [6.07, 6.45) is 7.44. The van der Waals surface area contributed by atoms with Gasteiger partial charge in [-0.3, -0.25) is 4.79 Å². The van der Waals surface area contributed by atoms with Gasteiger partial charge in [0.15, 0.2) is 0 Å². The summed E-state index contributed by atoms with van der Waals surface area (Å²) < 4.78 is 4.15. The van der Waals surface area contributed by atoms with E-state index in [2.05, 4.69) is 11.7 Å². The first-order valence-electron chi connectivity index (χ1n) is 5.86. The molecule has 1 saturated carbocycles. The summed E-state index contributed by atoms with van der Waals surface area (Å²) in [6, 6.07) is 0. The third kappa shape index (κ3) is 14.0. The zero-order chi connectivity index (χ0) is 11.2. The average molecular weight is 202 g/mol. The minimum Gasteiger partial charge on any atom is -0.468 e. The molecule has 0 N–H and O–H groups in total. The molecule has 0 aromatic carbocycles. The summed E-state index contributed by atoms with van der Waals surface area (Å²) in [5.74, 6) is 1.04. The van der Waals surface area contributed by atoms with Crippen molar-refractivity contribution < 1.29 is 9.53 Å². The molecule has 1 rings (SSSR count). The van der Waals surface area contributed by atoms with E-state index in [0.29, 0.717) is 13.1 Å². The molecule has 0 heterocycles. The summed E-state index contributed by atoms with van der Waals surface area (Å²) in [6.45, 7) is 9.02. The largest absolute Gasteiger partial charge is 0.468 e. The normalized spacial score (nSPS) is 15.4. The molecule has 0 atom stereocenters. The Morgan fingerprint density at radius 1 is 1.21 bits per heavy atom. The van der Waals surface area contributed by atoms with Gasteiger partial charge in [0.2, 0.25) is 0 Å². The number of hydrogen-bond donors (Lipinski definition) is 0. The Morgan fingerprint density at radius 3 is 1.86 bits per heavy atom. The van der Waals surface area contributed by atoms with Gasteiger partial charge >= 0.3 is 0 Å². The summed E-state index contributed by atoms with van der Waals surface area (Å²) in [5, 5.41) is 0.